The van der Waals surface area contributed by atoms with Crippen molar-refractivity contribution in [2.45, 2.75) is 32.5 Å². The van der Waals surface area contributed by atoms with Gasteiger partial charge in [0.2, 0.25) is 5.91 Å². The monoisotopic (exact) mass is 319 g/mol. The molecule has 0 saturated carbocycles. The van der Waals surface area contributed by atoms with Crippen LogP contribution in [0.5, 0.6) is 0 Å². The summed E-state index contributed by atoms with van der Waals surface area (Å²) < 4.78 is 12.6. The number of anilines is 1. The summed E-state index contributed by atoms with van der Waals surface area (Å²) >= 11 is 0. The first-order valence-corrected chi connectivity index (χ1v) is 7.69. The first kappa shape index (κ1) is 15.7. The molecular weight excluding hydrogens is 298 g/mol. The van der Waals surface area contributed by atoms with Crippen LogP contribution < -0.4 is 5.32 Å². The lowest BCUT2D eigenvalue weighted by Gasteiger charge is -2.35. The van der Waals surface area contributed by atoms with Crippen LogP contribution in [0.15, 0.2) is 29.0 Å². The molecule has 1 saturated heterocycles. The Morgan fingerprint density at radius 3 is 3.13 bits per heavy atom. The third kappa shape index (κ3) is 3.96. The van der Waals surface area contributed by atoms with Crippen molar-refractivity contribution < 1.29 is 14.1 Å². The second kappa shape index (κ2) is 6.93. The molecule has 8 nitrogen and oxygen atoms in total. The Morgan fingerprint density at radius 2 is 2.43 bits per heavy atom. The van der Waals surface area contributed by atoms with E-state index < -0.39 is 0 Å². The Bertz CT molecular complexity index is 639. The summed E-state index contributed by atoms with van der Waals surface area (Å²) in [5.41, 5.74) is 0. The lowest BCUT2D eigenvalue weighted by Crippen LogP contribution is -2.51. The molecule has 124 valence electrons. The minimum absolute atomic E-state index is 0.0215. The normalized spacial score (nSPS) is 20.3. The number of hydrogen-bond acceptors (Lipinski definition) is 6. The van der Waals surface area contributed by atoms with E-state index in [0.29, 0.717) is 31.3 Å². The van der Waals surface area contributed by atoms with Gasteiger partial charge in [-0.3, -0.25) is 14.4 Å². The first-order chi connectivity index (χ1) is 11.1. The SMILES string of the molecule is Cc1cc(NC(=O)[C@H](C)N2CCO[C@H](Cn3cccn3)C2)no1. The maximum Gasteiger partial charge on any atom is 0.242 e. The number of aromatic nitrogens is 3. The number of hydrogen-bond donors (Lipinski definition) is 1. The molecule has 2 aromatic heterocycles. The molecule has 0 aliphatic carbocycles. The number of amides is 1. The molecule has 2 atom stereocenters. The van der Waals surface area contributed by atoms with Gasteiger partial charge in [0.15, 0.2) is 5.82 Å². The minimum Gasteiger partial charge on any atom is -0.374 e. The van der Waals surface area contributed by atoms with E-state index >= 15 is 0 Å². The Balaban J connectivity index is 1.55. The summed E-state index contributed by atoms with van der Waals surface area (Å²) in [6.45, 7) is 6.37. The van der Waals surface area contributed by atoms with Crippen molar-refractivity contribution in [3.63, 3.8) is 0 Å². The van der Waals surface area contributed by atoms with E-state index in [1.165, 1.54) is 0 Å². The fraction of sp³-hybridized carbons (Fsp3) is 0.533. The van der Waals surface area contributed by atoms with Gasteiger partial charge in [0.1, 0.15) is 5.76 Å². The summed E-state index contributed by atoms with van der Waals surface area (Å²) in [6.07, 6.45) is 3.68. The Kier molecular flexibility index (Phi) is 4.73. The molecule has 0 radical (unpaired) electrons. The summed E-state index contributed by atoms with van der Waals surface area (Å²) in [7, 11) is 0. The largest absolute Gasteiger partial charge is 0.374 e. The third-order valence-electron chi connectivity index (χ3n) is 3.93. The molecule has 0 spiro atoms. The van der Waals surface area contributed by atoms with Gasteiger partial charge in [-0.05, 0) is 19.9 Å². The third-order valence-corrected chi connectivity index (χ3v) is 3.93. The number of carbonyl (C=O) groups excluding carboxylic acids is 1. The molecule has 1 aliphatic rings. The molecule has 1 N–H and O–H groups in total. The molecule has 3 heterocycles. The molecule has 8 heteroatoms. The number of aryl methyl sites for hydroxylation is 1. The van der Waals surface area contributed by atoms with Crippen molar-refractivity contribution in [3.05, 3.63) is 30.3 Å². The van der Waals surface area contributed by atoms with Gasteiger partial charge < -0.3 is 14.6 Å². The molecule has 2 aromatic rings. The van der Waals surface area contributed by atoms with E-state index in [-0.39, 0.29) is 18.1 Å². The zero-order valence-electron chi connectivity index (χ0n) is 13.3. The number of ether oxygens (including phenoxy) is 1. The first-order valence-electron chi connectivity index (χ1n) is 7.69. The highest BCUT2D eigenvalue weighted by Gasteiger charge is 2.28. The predicted octanol–water partition coefficient (Wildman–Crippen LogP) is 0.908. The van der Waals surface area contributed by atoms with Gasteiger partial charge in [-0.2, -0.15) is 5.10 Å². The standard InChI is InChI=1S/C15H21N5O3/c1-11-8-14(18-23-11)17-15(21)12(2)19-6-7-22-13(9-19)10-20-5-3-4-16-20/h3-5,8,12-13H,6-7,9-10H2,1-2H3,(H,17,18,21)/t12-,13-/m0/s1. The van der Waals surface area contributed by atoms with Crippen LogP contribution in [0.1, 0.15) is 12.7 Å². The van der Waals surface area contributed by atoms with Crippen LogP contribution in [-0.4, -0.2) is 57.6 Å². The molecule has 0 bridgehead atoms. The molecule has 1 aliphatic heterocycles. The highest BCUT2D eigenvalue weighted by molar-refractivity contribution is 5.93. The van der Waals surface area contributed by atoms with Gasteiger partial charge in [0.25, 0.3) is 0 Å². The van der Waals surface area contributed by atoms with Crippen LogP contribution in [0, 0.1) is 6.92 Å². The van der Waals surface area contributed by atoms with E-state index in [4.69, 9.17) is 9.26 Å². The zero-order valence-corrected chi connectivity index (χ0v) is 13.3. The number of rotatable bonds is 5. The molecule has 0 unspecified atom stereocenters. The van der Waals surface area contributed by atoms with Gasteiger partial charge in [-0.1, -0.05) is 5.16 Å². The molecule has 1 fully saturated rings. The smallest absolute Gasteiger partial charge is 0.242 e. The molecule has 0 aromatic carbocycles. The zero-order chi connectivity index (χ0) is 16.2. The van der Waals surface area contributed by atoms with Gasteiger partial charge in [-0.15, -0.1) is 0 Å². The number of morpholine rings is 1. The number of carbonyl (C=O) groups is 1. The van der Waals surface area contributed by atoms with Crippen molar-refractivity contribution in [1.29, 1.82) is 0 Å². The van der Waals surface area contributed by atoms with Crippen molar-refractivity contribution >= 4 is 11.7 Å². The predicted molar refractivity (Wildman–Crippen MR) is 82.9 cm³/mol. The molecule has 23 heavy (non-hydrogen) atoms. The van der Waals surface area contributed by atoms with E-state index in [1.54, 1.807) is 19.2 Å². The van der Waals surface area contributed by atoms with Crippen LogP contribution in [0.2, 0.25) is 0 Å². The summed E-state index contributed by atoms with van der Waals surface area (Å²) in [5, 5.41) is 10.8. The topological polar surface area (TPSA) is 85.4 Å². The summed E-state index contributed by atoms with van der Waals surface area (Å²) in [4.78, 5) is 14.5. The summed E-state index contributed by atoms with van der Waals surface area (Å²) in [5.74, 6) is 1.01. The van der Waals surface area contributed by atoms with Gasteiger partial charge in [-0.25, -0.2) is 0 Å². The second-order valence-electron chi connectivity index (χ2n) is 5.70. The molecular formula is C15H21N5O3. The van der Waals surface area contributed by atoms with E-state index in [1.807, 2.05) is 23.9 Å². The van der Waals surface area contributed by atoms with Gasteiger partial charge >= 0.3 is 0 Å². The number of nitrogens with one attached hydrogen (secondary N) is 1. The fourth-order valence-electron chi connectivity index (χ4n) is 2.64. The van der Waals surface area contributed by atoms with E-state index in [2.05, 4.69) is 20.5 Å². The lowest BCUT2D eigenvalue weighted by atomic mass is 10.2. The quantitative estimate of drug-likeness (QED) is 0.881. The maximum atomic E-state index is 12.4. The highest BCUT2D eigenvalue weighted by Crippen LogP contribution is 2.13. The lowest BCUT2D eigenvalue weighted by molar-refractivity contribution is -0.124. The van der Waals surface area contributed by atoms with E-state index in [0.717, 1.165) is 6.54 Å². The van der Waals surface area contributed by atoms with Crippen molar-refractivity contribution in [2.75, 3.05) is 25.0 Å². The average molecular weight is 319 g/mol. The minimum atomic E-state index is -0.268. The second-order valence-corrected chi connectivity index (χ2v) is 5.70. The van der Waals surface area contributed by atoms with Crippen molar-refractivity contribution in [2.24, 2.45) is 0 Å². The number of nitrogens with zero attached hydrogens (tertiary/aromatic N) is 4. The molecule has 1 amide bonds. The molecule has 3 rings (SSSR count). The maximum absolute atomic E-state index is 12.4. The summed E-state index contributed by atoms with van der Waals surface area (Å²) in [6, 6.07) is 3.32. The average Bonchev–Trinajstić information content (AvgIpc) is 3.18. The van der Waals surface area contributed by atoms with Crippen molar-refractivity contribution in [1.82, 2.24) is 19.8 Å². The van der Waals surface area contributed by atoms with E-state index in [9.17, 15) is 4.79 Å². The van der Waals surface area contributed by atoms with Gasteiger partial charge in [0.05, 0.1) is 25.3 Å². The Morgan fingerprint density at radius 1 is 1.57 bits per heavy atom. The van der Waals surface area contributed by atoms with Crippen LogP contribution in [0.3, 0.4) is 0 Å². The Labute approximate surface area is 134 Å². The van der Waals surface area contributed by atoms with Crippen molar-refractivity contribution in [3.8, 4) is 0 Å². The Hall–Kier alpha value is -2.19. The highest BCUT2D eigenvalue weighted by atomic mass is 16.5. The van der Waals surface area contributed by atoms with Crippen LogP contribution in [0.4, 0.5) is 5.82 Å². The van der Waals surface area contributed by atoms with Crippen LogP contribution >= 0.6 is 0 Å². The van der Waals surface area contributed by atoms with Crippen LogP contribution in [-0.2, 0) is 16.1 Å². The van der Waals surface area contributed by atoms with Crippen LogP contribution in [0.25, 0.3) is 0 Å². The van der Waals surface area contributed by atoms with Gasteiger partial charge in [0, 0.05) is 31.5 Å². The fourth-order valence-corrected chi connectivity index (χ4v) is 2.64.